The first-order valence-corrected chi connectivity index (χ1v) is 7.40. The van der Waals surface area contributed by atoms with Crippen LogP contribution in [-0.2, 0) is 0 Å². The number of benzene rings is 1. The third kappa shape index (κ3) is 3.65. The van der Waals surface area contributed by atoms with Crippen LogP contribution in [0.3, 0.4) is 0 Å². The van der Waals surface area contributed by atoms with Gasteiger partial charge in [0.2, 0.25) is 0 Å². The van der Waals surface area contributed by atoms with E-state index in [0.29, 0.717) is 5.69 Å². The highest BCUT2D eigenvalue weighted by Gasteiger charge is 2.21. The van der Waals surface area contributed by atoms with E-state index in [-0.39, 0.29) is 18.3 Å². The number of nitrogens with one attached hydrogen (secondary N) is 1. The fraction of sp³-hybridized carbons (Fsp3) is 0.375. The Morgan fingerprint density at radius 3 is 2.48 bits per heavy atom. The molecule has 0 radical (unpaired) electrons. The van der Waals surface area contributed by atoms with E-state index < -0.39 is 0 Å². The van der Waals surface area contributed by atoms with Crippen molar-refractivity contribution in [1.82, 2.24) is 20.0 Å². The maximum Gasteiger partial charge on any atom is 0.274 e. The van der Waals surface area contributed by atoms with Crippen LogP contribution in [0.25, 0.3) is 5.69 Å². The van der Waals surface area contributed by atoms with Crippen molar-refractivity contribution in [3.8, 4) is 11.4 Å². The molecule has 2 aromatic rings. The van der Waals surface area contributed by atoms with Crippen LogP contribution < -0.4 is 10.1 Å². The highest BCUT2D eigenvalue weighted by Crippen LogP contribution is 2.17. The average molecular weight is 337 g/mol. The number of hydrogen-bond acceptors (Lipinski definition) is 4. The minimum Gasteiger partial charge on any atom is -0.497 e. The molecule has 0 saturated carbocycles. The van der Waals surface area contributed by atoms with Crippen molar-refractivity contribution < 1.29 is 9.53 Å². The van der Waals surface area contributed by atoms with Crippen molar-refractivity contribution in [3.05, 3.63) is 41.7 Å². The molecule has 124 valence electrons. The molecule has 2 heterocycles. The number of carbonyl (C=O) groups excluding carboxylic acids is 1. The van der Waals surface area contributed by atoms with Gasteiger partial charge in [-0.25, -0.2) is 4.68 Å². The number of piperazine rings is 1. The quantitative estimate of drug-likeness (QED) is 0.926. The molecule has 1 amide bonds. The number of halogens is 1. The molecule has 1 aliphatic heterocycles. The first-order chi connectivity index (χ1) is 10.7. The zero-order valence-electron chi connectivity index (χ0n) is 13.3. The van der Waals surface area contributed by atoms with Crippen LogP contribution in [0.1, 0.15) is 16.2 Å². The lowest BCUT2D eigenvalue weighted by molar-refractivity contribution is 0.0729. The highest BCUT2D eigenvalue weighted by atomic mass is 35.5. The lowest BCUT2D eigenvalue weighted by atomic mass is 10.3. The normalized spacial score (nSPS) is 14.3. The third-order valence-corrected chi connectivity index (χ3v) is 3.83. The Morgan fingerprint density at radius 1 is 1.22 bits per heavy atom. The van der Waals surface area contributed by atoms with Gasteiger partial charge in [-0.15, -0.1) is 12.4 Å². The molecular weight excluding hydrogens is 316 g/mol. The van der Waals surface area contributed by atoms with Gasteiger partial charge in [0.05, 0.1) is 12.8 Å². The molecule has 1 N–H and O–H groups in total. The van der Waals surface area contributed by atoms with Gasteiger partial charge >= 0.3 is 0 Å². The number of carbonyl (C=O) groups is 1. The zero-order valence-corrected chi connectivity index (χ0v) is 14.1. The molecular formula is C16H21ClN4O2. The zero-order chi connectivity index (χ0) is 15.5. The highest BCUT2D eigenvalue weighted by molar-refractivity contribution is 5.92. The smallest absolute Gasteiger partial charge is 0.274 e. The van der Waals surface area contributed by atoms with Gasteiger partial charge in [0.15, 0.2) is 5.69 Å². The number of aryl methyl sites for hydroxylation is 1. The Balaban J connectivity index is 0.00000192. The van der Waals surface area contributed by atoms with E-state index >= 15 is 0 Å². The van der Waals surface area contributed by atoms with Gasteiger partial charge in [-0.3, -0.25) is 4.79 Å². The maximum atomic E-state index is 12.5. The minimum absolute atomic E-state index is 0. The second-order valence-corrected chi connectivity index (χ2v) is 5.32. The molecule has 1 aliphatic rings. The van der Waals surface area contributed by atoms with E-state index in [1.807, 2.05) is 42.2 Å². The van der Waals surface area contributed by atoms with Crippen LogP contribution in [0.5, 0.6) is 5.75 Å². The SMILES string of the molecule is COc1ccc(-n2nc(C(=O)N3CCNCC3)cc2C)cc1.Cl. The fourth-order valence-corrected chi connectivity index (χ4v) is 2.59. The summed E-state index contributed by atoms with van der Waals surface area (Å²) in [6, 6.07) is 9.47. The predicted octanol–water partition coefficient (Wildman–Crippen LogP) is 1.66. The third-order valence-electron chi connectivity index (χ3n) is 3.83. The van der Waals surface area contributed by atoms with E-state index in [1.54, 1.807) is 11.8 Å². The number of nitrogens with zero attached hydrogens (tertiary/aromatic N) is 3. The first kappa shape index (κ1) is 17.3. The summed E-state index contributed by atoms with van der Waals surface area (Å²) in [7, 11) is 1.64. The summed E-state index contributed by atoms with van der Waals surface area (Å²) in [5.41, 5.74) is 2.34. The summed E-state index contributed by atoms with van der Waals surface area (Å²) in [5.74, 6) is 0.794. The molecule has 0 bridgehead atoms. The molecule has 23 heavy (non-hydrogen) atoms. The van der Waals surface area contributed by atoms with E-state index in [1.165, 1.54) is 0 Å². The summed E-state index contributed by atoms with van der Waals surface area (Å²) in [6.45, 7) is 5.08. The second-order valence-electron chi connectivity index (χ2n) is 5.32. The summed E-state index contributed by atoms with van der Waals surface area (Å²) < 4.78 is 6.95. The van der Waals surface area contributed by atoms with Crippen LogP contribution in [-0.4, -0.2) is 53.9 Å². The molecule has 6 nitrogen and oxygen atoms in total. The summed E-state index contributed by atoms with van der Waals surface area (Å²) in [5, 5.41) is 7.72. The van der Waals surface area contributed by atoms with Gasteiger partial charge in [-0.05, 0) is 37.3 Å². The van der Waals surface area contributed by atoms with Gasteiger partial charge in [-0.2, -0.15) is 5.10 Å². The monoisotopic (exact) mass is 336 g/mol. The Kier molecular flexibility index (Phi) is 5.63. The van der Waals surface area contributed by atoms with Crippen LogP contribution in [0.4, 0.5) is 0 Å². The Labute approximate surface area is 141 Å². The number of hydrogen-bond donors (Lipinski definition) is 1. The number of ether oxygens (including phenoxy) is 1. The van der Waals surface area contributed by atoms with Crippen LogP contribution in [0, 0.1) is 6.92 Å². The van der Waals surface area contributed by atoms with Crippen LogP contribution in [0.2, 0.25) is 0 Å². The molecule has 0 atom stereocenters. The number of rotatable bonds is 3. The molecule has 1 aromatic heterocycles. The van der Waals surface area contributed by atoms with Gasteiger partial charge < -0.3 is 15.0 Å². The Bertz CT molecular complexity index is 663. The molecule has 0 spiro atoms. The second kappa shape index (κ2) is 7.48. The summed E-state index contributed by atoms with van der Waals surface area (Å²) >= 11 is 0. The number of methoxy groups -OCH3 is 1. The first-order valence-electron chi connectivity index (χ1n) is 7.40. The van der Waals surface area contributed by atoms with Crippen molar-refractivity contribution in [3.63, 3.8) is 0 Å². The molecule has 1 fully saturated rings. The van der Waals surface area contributed by atoms with Gasteiger partial charge in [-0.1, -0.05) is 0 Å². The maximum absolute atomic E-state index is 12.5. The Morgan fingerprint density at radius 2 is 1.87 bits per heavy atom. The Hall–Kier alpha value is -2.05. The van der Waals surface area contributed by atoms with E-state index in [0.717, 1.165) is 43.3 Å². The molecule has 0 unspecified atom stereocenters. The molecule has 1 aromatic carbocycles. The van der Waals surface area contributed by atoms with Crippen molar-refractivity contribution in [2.75, 3.05) is 33.3 Å². The standard InChI is InChI=1S/C16H20N4O2.ClH/c1-12-11-15(16(21)19-9-7-17-8-10-19)18-20(12)13-3-5-14(22-2)6-4-13;/h3-6,11,17H,7-10H2,1-2H3;1H. The van der Waals surface area contributed by atoms with Crippen LogP contribution >= 0.6 is 12.4 Å². The largest absolute Gasteiger partial charge is 0.497 e. The predicted molar refractivity (Wildman–Crippen MR) is 90.9 cm³/mol. The summed E-state index contributed by atoms with van der Waals surface area (Å²) in [4.78, 5) is 14.3. The van der Waals surface area contributed by atoms with Gasteiger partial charge in [0.25, 0.3) is 5.91 Å². The lowest BCUT2D eigenvalue weighted by Crippen LogP contribution is -2.46. The van der Waals surface area contributed by atoms with Crippen molar-refractivity contribution in [2.24, 2.45) is 0 Å². The molecule has 3 rings (SSSR count). The van der Waals surface area contributed by atoms with E-state index in [2.05, 4.69) is 10.4 Å². The van der Waals surface area contributed by atoms with E-state index in [4.69, 9.17) is 4.74 Å². The fourth-order valence-electron chi connectivity index (χ4n) is 2.59. The van der Waals surface area contributed by atoms with E-state index in [9.17, 15) is 4.79 Å². The molecule has 0 aliphatic carbocycles. The molecule has 1 saturated heterocycles. The van der Waals surface area contributed by atoms with Crippen molar-refractivity contribution in [1.29, 1.82) is 0 Å². The van der Waals surface area contributed by atoms with Gasteiger partial charge in [0.1, 0.15) is 5.75 Å². The lowest BCUT2D eigenvalue weighted by Gasteiger charge is -2.26. The van der Waals surface area contributed by atoms with Crippen LogP contribution in [0.15, 0.2) is 30.3 Å². The van der Waals surface area contributed by atoms with Gasteiger partial charge in [0, 0.05) is 31.9 Å². The van der Waals surface area contributed by atoms with Crippen molar-refractivity contribution in [2.45, 2.75) is 6.92 Å². The number of amides is 1. The molecule has 7 heteroatoms. The minimum atomic E-state index is -0.00291. The summed E-state index contributed by atoms with van der Waals surface area (Å²) in [6.07, 6.45) is 0. The average Bonchev–Trinajstić information content (AvgIpc) is 2.97. The topological polar surface area (TPSA) is 59.4 Å². The number of aromatic nitrogens is 2. The van der Waals surface area contributed by atoms with Crippen molar-refractivity contribution >= 4 is 18.3 Å².